The summed E-state index contributed by atoms with van der Waals surface area (Å²) in [4.78, 5) is 24.8. The van der Waals surface area contributed by atoms with Gasteiger partial charge in [-0.2, -0.15) is 4.31 Å². The van der Waals surface area contributed by atoms with Gasteiger partial charge in [-0.05, 0) is 39.3 Å². The first-order valence-corrected chi connectivity index (χ1v) is 11.0. The van der Waals surface area contributed by atoms with Gasteiger partial charge in [0.25, 0.3) is 0 Å². The Balaban J connectivity index is 1.79. The van der Waals surface area contributed by atoms with Crippen LogP contribution in [0.5, 0.6) is 0 Å². The van der Waals surface area contributed by atoms with E-state index >= 15 is 0 Å². The molecule has 0 spiro atoms. The standard InChI is InChI=1S/C19H27F2N3O5S/c1-19(2,3)29-18(26)22-8-4-5-17(25)23-9-11-24(12-10-23)30(27,28)16-7-6-14(20)13-15(16)21/h6-7,13H,4-5,8-12H2,1-3H3,(H,22,26). The van der Waals surface area contributed by atoms with E-state index in [9.17, 15) is 26.8 Å². The van der Waals surface area contributed by atoms with Crippen molar-refractivity contribution >= 4 is 22.0 Å². The number of rotatable bonds is 6. The summed E-state index contributed by atoms with van der Waals surface area (Å²) in [5, 5.41) is 2.57. The Kier molecular flexibility index (Phi) is 7.75. The topological polar surface area (TPSA) is 96.0 Å². The SMILES string of the molecule is CC(C)(C)OC(=O)NCCCC(=O)N1CCN(S(=O)(=O)c2ccc(F)cc2F)CC1. The summed E-state index contributed by atoms with van der Waals surface area (Å²) in [6.45, 7) is 5.89. The molecule has 1 aliphatic heterocycles. The molecule has 0 radical (unpaired) electrons. The third-order valence-corrected chi connectivity index (χ3v) is 6.27. The van der Waals surface area contributed by atoms with Gasteiger partial charge in [-0.1, -0.05) is 0 Å². The highest BCUT2D eigenvalue weighted by atomic mass is 32.2. The van der Waals surface area contributed by atoms with Crippen molar-refractivity contribution in [3.05, 3.63) is 29.8 Å². The lowest BCUT2D eigenvalue weighted by molar-refractivity contribution is -0.132. The van der Waals surface area contributed by atoms with E-state index in [1.54, 1.807) is 20.8 Å². The minimum Gasteiger partial charge on any atom is -0.444 e. The fraction of sp³-hybridized carbons (Fsp3) is 0.579. The zero-order valence-electron chi connectivity index (χ0n) is 17.3. The zero-order chi connectivity index (χ0) is 22.5. The lowest BCUT2D eigenvalue weighted by atomic mass is 10.2. The van der Waals surface area contributed by atoms with Crippen molar-refractivity contribution in [2.45, 2.75) is 44.1 Å². The second kappa shape index (κ2) is 9.69. The fourth-order valence-corrected chi connectivity index (χ4v) is 4.37. The first kappa shape index (κ1) is 24.0. The molecule has 0 bridgehead atoms. The molecule has 0 atom stereocenters. The molecule has 1 N–H and O–H groups in total. The molecule has 1 heterocycles. The van der Waals surface area contributed by atoms with E-state index in [4.69, 9.17) is 4.74 Å². The van der Waals surface area contributed by atoms with Crippen molar-refractivity contribution in [3.63, 3.8) is 0 Å². The van der Waals surface area contributed by atoms with Crippen LogP contribution in [0, 0.1) is 11.6 Å². The zero-order valence-corrected chi connectivity index (χ0v) is 18.1. The van der Waals surface area contributed by atoms with Crippen molar-refractivity contribution in [1.29, 1.82) is 0 Å². The summed E-state index contributed by atoms with van der Waals surface area (Å²) < 4.78 is 58.3. The smallest absolute Gasteiger partial charge is 0.407 e. The Hall–Kier alpha value is -2.27. The number of ether oxygens (including phenoxy) is 1. The van der Waals surface area contributed by atoms with Gasteiger partial charge in [0.1, 0.15) is 22.1 Å². The Labute approximate surface area is 175 Å². The first-order chi connectivity index (χ1) is 13.9. The van der Waals surface area contributed by atoms with Gasteiger partial charge in [0.15, 0.2) is 0 Å². The number of piperazine rings is 1. The average molecular weight is 448 g/mol. The number of sulfonamides is 1. The predicted molar refractivity (Wildman–Crippen MR) is 105 cm³/mol. The van der Waals surface area contributed by atoms with Crippen molar-refractivity contribution < 1.29 is 31.5 Å². The van der Waals surface area contributed by atoms with Crippen molar-refractivity contribution in [3.8, 4) is 0 Å². The number of carbonyl (C=O) groups excluding carboxylic acids is 2. The normalized spacial score (nSPS) is 15.7. The number of hydrogen-bond donors (Lipinski definition) is 1. The van der Waals surface area contributed by atoms with Gasteiger partial charge in [-0.25, -0.2) is 22.0 Å². The molecule has 11 heteroatoms. The van der Waals surface area contributed by atoms with Gasteiger partial charge in [0.05, 0.1) is 0 Å². The van der Waals surface area contributed by atoms with Crippen LogP contribution in [-0.4, -0.2) is 67.9 Å². The first-order valence-electron chi connectivity index (χ1n) is 9.60. The Morgan fingerprint density at radius 3 is 2.33 bits per heavy atom. The second-order valence-corrected chi connectivity index (χ2v) is 9.80. The summed E-state index contributed by atoms with van der Waals surface area (Å²) in [5.41, 5.74) is -0.600. The molecule has 0 aliphatic carbocycles. The molecule has 0 saturated carbocycles. The molecule has 1 aliphatic rings. The van der Waals surface area contributed by atoms with Gasteiger partial charge < -0.3 is 15.0 Å². The average Bonchev–Trinajstić information content (AvgIpc) is 2.63. The molecular weight excluding hydrogens is 420 g/mol. The predicted octanol–water partition coefficient (Wildman–Crippen LogP) is 2.10. The lowest BCUT2D eigenvalue weighted by Crippen LogP contribution is -2.50. The van der Waals surface area contributed by atoms with E-state index < -0.39 is 38.2 Å². The third kappa shape index (κ3) is 6.63. The molecule has 0 aromatic heterocycles. The number of nitrogens with zero attached hydrogens (tertiary/aromatic N) is 2. The van der Waals surface area contributed by atoms with Crippen LogP contribution in [0.4, 0.5) is 13.6 Å². The quantitative estimate of drug-likeness (QED) is 0.674. The molecule has 2 amide bonds. The van der Waals surface area contributed by atoms with Gasteiger partial charge in [-0.3, -0.25) is 4.79 Å². The summed E-state index contributed by atoms with van der Waals surface area (Å²) in [5.74, 6) is -2.17. The molecule has 168 valence electrons. The molecule has 2 rings (SSSR count). The van der Waals surface area contributed by atoms with Crippen LogP contribution in [0.15, 0.2) is 23.1 Å². The molecule has 1 aromatic carbocycles. The number of carbonyl (C=O) groups is 2. The van der Waals surface area contributed by atoms with Crippen molar-refractivity contribution in [2.75, 3.05) is 32.7 Å². The van der Waals surface area contributed by atoms with Crippen molar-refractivity contribution in [2.24, 2.45) is 0 Å². The van der Waals surface area contributed by atoms with E-state index in [1.807, 2.05) is 0 Å². The largest absolute Gasteiger partial charge is 0.444 e. The van der Waals surface area contributed by atoms with Crippen molar-refractivity contribution in [1.82, 2.24) is 14.5 Å². The van der Waals surface area contributed by atoms with Gasteiger partial charge in [-0.15, -0.1) is 0 Å². The maximum atomic E-state index is 13.9. The van der Waals surface area contributed by atoms with Gasteiger partial charge in [0.2, 0.25) is 15.9 Å². The van der Waals surface area contributed by atoms with E-state index in [2.05, 4.69) is 5.32 Å². The molecule has 30 heavy (non-hydrogen) atoms. The summed E-state index contributed by atoms with van der Waals surface area (Å²) in [6, 6.07) is 2.31. The molecule has 8 nitrogen and oxygen atoms in total. The van der Waals surface area contributed by atoms with E-state index in [0.29, 0.717) is 12.5 Å². The minimum atomic E-state index is -4.11. The molecule has 0 unspecified atom stereocenters. The van der Waals surface area contributed by atoms with Crippen LogP contribution in [0.2, 0.25) is 0 Å². The van der Waals surface area contributed by atoms with E-state index in [0.717, 1.165) is 16.4 Å². The maximum absolute atomic E-state index is 13.9. The highest BCUT2D eigenvalue weighted by Gasteiger charge is 2.32. The molecule has 1 fully saturated rings. The molecule has 1 aromatic rings. The van der Waals surface area contributed by atoms with Crippen LogP contribution in [0.1, 0.15) is 33.6 Å². The maximum Gasteiger partial charge on any atom is 0.407 e. The van der Waals surface area contributed by atoms with Gasteiger partial charge in [0, 0.05) is 45.2 Å². The Morgan fingerprint density at radius 2 is 1.77 bits per heavy atom. The van der Waals surface area contributed by atoms with Crippen LogP contribution >= 0.6 is 0 Å². The Bertz CT molecular complexity index is 879. The molecule has 1 saturated heterocycles. The number of hydrogen-bond acceptors (Lipinski definition) is 5. The number of nitrogens with one attached hydrogen (secondary N) is 1. The van der Waals surface area contributed by atoms with Gasteiger partial charge >= 0.3 is 6.09 Å². The van der Waals surface area contributed by atoms with Crippen LogP contribution in [0.25, 0.3) is 0 Å². The monoisotopic (exact) mass is 447 g/mol. The van der Waals surface area contributed by atoms with Crippen LogP contribution in [-0.2, 0) is 19.6 Å². The molecular formula is C19H27F2N3O5S. The highest BCUT2D eigenvalue weighted by Crippen LogP contribution is 2.21. The summed E-state index contributed by atoms with van der Waals surface area (Å²) >= 11 is 0. The Morgan fingerprint density at radius 1 is 1.13 bits per heavy atom. The highest BCUT2D eigenvalue weighted by molar-refractivity contribution is 7.89. The van der Waals surface area contributed by atoms with E-state index in [1.165, 1.54) is 4.90 Å². The summed E-state index contributed by atoms with van der Waals surface area (Å²) in [7, 11) is -4.11. The van der Waals surface area contributed by atoms with Crippen LogP contribution < -0.4 is 5.32 Å². The minimum absolute atomic E-state index is 0.0149. The summed E-state index contributed by atoms with van der Waals surface area (Å²) in [6.07, 6.45) is 0.0498. The third-order valence-electron chi connectivity index (χ3n) is 4.34. The number of halogens is 2. The second-order valence-electron chi connectivity index (χ2n) is 7.89. The number of amides is 2. The number of benzene rings is 1. The number of alkyl carbamates (subject to hydrolysis) is 1. The van der Waals surface area contributed by atoms with Crippen LogP contribution in [0.3, 0.4) is 0 Å². The fourth-order valence-electron chi connectivity index (χ4n) is 2.90. The van der Waals surface area contributed by atoms with E-state index in [-0.39, 0.29) is 45.1 Å². The lowest BCUT2D eigenvalue weighted by Gasteiger charge is -2.34.